The number of carbonyl (C=O) groups is 1. The van der Waals surface area contributed by atoms with Crippen LogP contribution in [-0.2, 0) is 11.8 Å². The summed E-state index contributed by atoms with van der Waals surface area (Å²) >= 11 is 4.82. The lowest BCUT2D eigenvalue weighted by Crippen LogP contribution is -2.30. The number of rotatable bonds is 5. The number of halogens is 1. The van der Waals surface area contributed by atoms with E-state index >= 15 is 0 Å². The van der Waals surface area contributed by atoms with E-state index in [1.807, 2.05) is 20.8 Å². The molecule has 1 heterocycles. The van der Waals surface area contributed by atoms with Gasteiger partial charge in [0, 0.05) is 13.2 Å². The second-order valence-corrected chi connectivity index (χ2v) is 6.87. The number of nitrogens with zero attached hydrogens (tertiary/aromatic N) is 1. The van der Waals surface area contributed by atoms with Crippen molar-refractivity contribution in [3.63, 3.8) is 0 Å². The molecule has 0 unspecified atom stereocenters. The van der Waals surface area contributed by atoms with Gasteiger partial charge in [0.15, 0.2) is 0 Å². The molecular weight excluding hydrogens is 328 g/mol. The van der Waals surface area contributed by atoms with Crippen LogP contribution in [0.15, 0.2) is 21.5 Å². The third-order valence-electron chi connectivity index (χ3n) is 2.62. The van der Waals surface area contributed by atoms with E-state index in [1.54, 1.807) is 31.1 Å². The van der Waals surface area contributed by atoms with Crippen LogP contribution in [0.4, 0.5) is 5.69 Å². The third-order valence-corrected chi connectivity index (χ3v) is 4.64. The van der Waals surface area contributed by atoms with E-state index in [0.29, 0.717) is 10.2 Å². The highest BCUT2D eigenvalue weighted by Gasteiger charge is 2.22. The van der Waals surface area contributed by atoms with Crippen molar-refractivity contribution in [2.24, 2.45) is 13.0 Å². The standard InChI is InChI=1S/C13H19BrN2O2S/c1-5-19-11(8(2)3)12(17)15-9-6-10(14)13(18)16(4)7-9/h6-8,11H,5H2,1-4H3,(H,15,17)/t11-/m1/s1. The summed E-state index contributed by atoms with van der Waals surface area (Å²) in [5.41, 5.74) is 0.502. The van der Waals surface area contributed by atoms with Crippen molar-refractivity contribution >= 4 is 39.3 Å². The lowest BCUT2D eigenvalue weighted by Gasteiger charge is -2.19. The predicted octanol–water partition coefficient (Wildman–Crippen LogP) is 2.86. The van der Waals surface area contributed by atoms with Gasteiger partial charge in [-0.1, -0.05) is 20.8 Å². The quantitative estimate of drug-likeness (QED) is 0.891. The Morgan fingerprint density at radius 1 is 1.53 bits per heavy atom. The van der Waals surface area contributed by atoms with Crippen LogP contribution in [0.25, 0.3) is 0 Å². The van der Waals surface area contributed by atoms with Crippen molar-refractivity contribution in [1.82, 2.24) is 4.57 Å². The van der Waals surface area contributed by atoms with Crippen molar-refractivity contribution in [2.75, 3.05) is 11.1 Å². The van der Waals surface area contributed by atoms with E-state index in [0.717, 1.165) is 5.75 Å². The summed E-state index contributed by atoms with van der Waals surface area (Å²) in [4.78, 5) is 23.8. The second kappa shape index (κ2) is 7.14. The lowest BCUT2D eigenvalue weighted by molar-refractivity contribution is -0.116. The molecule has 1 atom stereocenters. The van der Waals surface area contributed by atoms with Gasteiger partial charge in [0.25, 0.3) is 5.56 Å². The van der Waals surface area contributed by atoms with Crippen molar-refractivity contribution in [3.05, 3.63) is 27.1 Å². The van der Waals surface area contributed by atoms with E-state index in [9.17, 15) is 9.59 Å². The minimum absolute atomic E-state index is 0.0209. The number of pyridine rings is 1. The Morgan fingerprint density at radius 3 is 2.63 bits per heavy atom. The van der Waals surface area contributed by atoms with Crippen LogP contribution in [0, 0.1) is 5.92 Å². The monoisotopic (exact) mass is 346 g/mol. The Balaban J connectivity index is 2.89. The van der Waals surface area contributed by atoms with Gasteiger partial charge in [0.2, 0.25) is 5.91 Å². The topological polar surface area (TPSA) is 51.1 Å². The number of hydrogen-bond acceptors (Lipinski definition) is 3. The fourth-order valence-electron chi connectivity index (χ4n) is 1.70. The molecule has 1 amide bonds. The Hall–Kier alpha value is -0.750. The van der Waals surface area contributed by atoms with Crippen LogP contribution >= 0.6 is 27.7 Å². The van der Waals surface area contributed by atoms with E-state index < -0.39 is 0 Å². The van der Waals surface area contributed by atoms with E-state index in [1.165, 1.54) is 4.57 Å². The molecule has 1 aromatic rings. The Labute approximate surface area is 126 Å². The van der Waals surface area contributed by atoms with E-state index in [-0.39, 0.29) is 22.6 Å². The SMILES string of the molecule is CCS[C@@H](C(=O)Nc1cc(Br)c(=O)n(C)c1)C(C)C. The molecule has 0 aliphatic heterocycles. The van der Waals surface area contributed by atoms with Gasteiger partial charge in [0.1, 0.15) is 0 Å². The van der Waals surface area contributed by atoms with Crippen molar-refractivity contribution in [1.29, 1.82) is 0 Å². The first kappa shape index (κ1) is 16.3. The van der Waals surface area contributed by atoms with Crippen molar-refractivity contribution < 1.29 is 4.79 Å². The number of anilines is 1. The van der Waals surface area contributed by atoms with Crippen LogP contribution in [0.1, 0.15) is 20.8 Å². The van der Waals surface area contributed by atoms with Crippen LogP contribution in [0.3, 0.4) is 0 Å². The van der Waals surface area contributed by atoms with Crippen LogP contribution in [0.5, 0.6) is 0 Å². The van der Waals surface area contributed by atoms with Gasteiger partial charge in [-0.15, -0.1) is 11.8 Å². The summed E-state index contributed by atoms with van der Waals surface area (Å²) in [6.45, 7) is 6.10. The smallest absolute Gasteiger partial charge is 0.264 e. The van der Waals surface area contributed by atoms with Crippen molar-refractivity contribution in [3.8, 4) is 0 Å². The molecule has 0 aromatic carbocycles. The van der Waals surface area contributed by atoms with Crippen LogP contribution in [-0.4, -0.2) is 21.5 Å². The zero-order valence-electron chi connectivity index (χ0n) is 11.6. The number of thioether (sulfide) groups is 1. The van der Waals surface area contributed by atoms with Gasteiger partial charge in [0.05, 0.1) is 15.4 Å². The molecule has 106 valence electrons. The highest BCUT2D eigenvalue weighted by atomic mass is 79.9. The molecule has 19 heavy (non-hydrogen) atoms. The van der Waals surface area contributed by atoms with Gasteiger partial charge in [-0.3, -0.25) is 9.59 Å². The number of hydrogen-bond donors (Lipinski definition) is 1. The first-order valence-electron chi connectivity index (χ1n) is 6.15. The average molecular weight is 347 g/mol. The van der Waals surface area contributed by atoms with Gasteiger partial charge >= 0.3 is 0 Å². The normalized spacial score (nSPS) is 12.5. The first-order chi connectivity index (χ1) is 8.86. The zero-order chi connectivity index (χ0) is 14.6. The molecule has 6 heteroatoms. The molecule has 0 aliphatic rings. The zero-order valence-corrected chi connectivity index (χ0v) is 14.0. The summed E-state index contributed by atoms with van der Waals surface area (Å²) in [5.74, 6) is 1.14. The fraction of sp³-hybridized carbons (Fsp3) is 0.538. The molecule has 1 N–H and O–H groups in total. The summed E-state index contributed by atoms with van der Waals surface area (Å²) in [5, 5.41) is 2.79. The van der Waals surface area contributed by atoms with E-state index in [2.05, 4.69) is 21.2 Å². The number of aromatic nitrogens is 1. The summed E-state index contributed by atoms with van der Waals surface area (Å²) in [6.07, 6.45) is 1.62. The van der Waals surface area contributed by atoms with Gasteiger partial charge in [-0.25, -0.2) is 0 Å². The Kier molecular flexibility index (Phi) is 6.13. The van der Waals surface area contributed by atoms with Crippen molar-refractivity contribution in [2.45, 2.75) is 26.0 Å². The molecule has 0 fully saturated rings. The fourth-order valence-corrected chi connectivity index (χ4v) is 3.18. The number of carbonyl (C=O) groups excluding carboxylic acids is 1. The first-order valence-corrected chi connectivity index (χ1v) is 7.99. The number of amides is 1. The minimum Gasteiger partial charge on any atom is -0.324 e. The van der Waals surface area contributed by atoms with Gasteiger partial charge < -0.3 is 9.88 Å². The maximum absolute atomic E-state index is 12.2. The van der Waals surface area contributed by atoms with Crippen LogP contribution < -0.4 is 10.9 Å². The summed E-state index contributed by atoms with van der Waals surface area (Å²) in [7, 11) is 1.66. The second-order valence-electron chi connectivity index (χ2n) is 4.60. The Bertz CT molecular complexity index is 488. The van der Waals surface area contributed by atoms with Gasteiger partial charge in [-0.05, 0) is 33.7 Å². The molecule has 1 rings (SSSR count). The molecule has 4 nitrogen and oxygen atoms in total. The maximum Gasteiger partial charge on any atom is 0.264 e. The van der Waals surface area contributed by atoms with E-state index in [4.69, 9.17) is 0 Å². The maximum atomic E-state index is 12.2. The molecule has 0 radical (unpaired) electrons. The Morgan fingerprint density at radius 2 is 2.16 bits per heavy atom. The van der Waals surface area contributed by atoms with Gasteiger partial charge in [-0.2, -0.15) is 0 Å². The average Bonchev–Trinajstić information content (AvgIpc) is 2.32. The number of aryl methyl sites for hydroxylation is 1. The molecule has 1 aromatic heterocycles. The molecule has 0 saturated heterocycles. The lowest BCUT2D eigenvalue weighted by atomic mass is 10.1. The summed E-state index contributed by atoms with van der Waals surface area (Å²) in [6, 6.07) is 1.63. The molecule has 0 spiro atoms. The molecule has 0 saturated carbocycles. The largest absolute Gasteiger partial charge is 0.324 e. The minimum atomic E-state index is -0.124. The number of nitrogens with one attached hydrogen (secondary N) is 1. The highest BCUT2D eigenvalue weighted by molar-refractivity contribution is 9.10. The molecule has 0 aliphatic carbocycles. The predicted molar refractivity (Wildman–Crippen MR) is 84.8 cm³/mol. The highest BCUT2D eigenvalue weighted by Crippen LogP contribution is 2.21. The molecule has 0 bridgehead atoms. The molecular formula is C13H19BrN2O2S. The third kappa shape index (κ3) is 4.38. The van der Waals surface area contributed by atoms with Crippen LogP contribution in [0.2, 0.25) is 0 Å². The summed E-state index contributed by atoms with van der Waals surface area (Å²) < 4.78 is 1.88.